The monoisotopic (exact) mass is 261 g/mol. The van der Waals surface area contributed by atoms with Gasteiger partial charge in [0.2, 0.25) is 0 Å². The second-order valence-electron chi connectivity index (χ2n) is 5.78. The molecule has 3 heteroatoms. The van der Waals surface area contributed by atoms with Gasteiger partial charge in [-0.1, -0.05) is 25.0 Å². The standard InChI is InChI=1S/C16H23NO2/c1-18-15-8-6-12(7-9-15)13-10-14(11-13)17-19-16-4-2-3-5-16/h6-9,13-14,16-17H,2-5,10-11H2,1H3. The molecule has 0 aliphatic heterocycles. The van der Waals surface area contributed by atoms with E-state index in [0.717, 1.165) is 5.75 Å². The van der Waals surface area contributed by atoms with Crippen molar-refractivity contribution < 1.29 is 9.57 Å². The van der Waals surface area contributed by atoms with E-state index in [2.05, 4.69) is 17.6 Å². The molecule has 3 nitrogen and oxygen atoms in total. The van der Waals surface area contributed by atoms with Crippen LogP contribution in [0.2, 0.25) is 0 Å². The first-order valence-electron chi connectivity index (χ1n) is 7.40. The van der Waals surface area contributed by atoms with E-state index in [1.807, 2.05) is 12.1 Å². The summed E-state index contributed by atoms with van der Waals surface area (Å²) in [7, 11) is 1.71. The van der Waals surface area contributed by atoms with Gasteiger partial charge in [-0.3, -0.25) is 4.84 Å². The van der Waals surface area contributed by atoms with E-state index in [9.17, 15) is 0 Å². The highest BCUT2D eigenvalue weighted by molar-refractivity contribution is 5.30. The third kappa shape index (κ3) is 3.10. The van der Waals surface area contributed by atoms with Crippen LogP contribution in [0.1, 0.15) is 50.0 Å². The van der Waals surface area contributed by atoms with Crippen LogP contribution in [0.5, 0.6) is 5.75 Å². The molecule has 0 aromatic heterocycles. The van der Waals surface area contributed by atoms with Crippen LogP contribution in [0, 0.1) is 0 Å². The van der Waals surface area contributed by atoms with Gasteiger partial charge in [-0.25, -0.2) is 0 Å². The number of methoxy groups -OCH3 is 1. The highest BCUT2D eigenvalue weighted by Gasteiger charge is 2.31. The van der Waals surface area contributed by atoms with Crippen molar-refractivity contribution in [2.24, 2.45) is 0 Å². The molecule has 1 N–H and O–H groups in total. The number of nitrogens with one attached hydrogen (secondary N) is 1. The van der Waals surface area contributed by atoms with E-state index < -0.39 is 0 Å². The van der Waals surface area contributed by atoms with Crippen LogP contribution in [0.25, 0.3) is 0 Å². The smallest absolute Gasteiger partial charge is 0.118 e. The quantitative estimate of drug-likeness (QED) is 0.824. The fourth-order valence-corrected chi connectivity index (χ4v) is 3.06. The summed E-state index contributed by atoms with van der Waals surface area (Å²) >= 11 is 0. The number of hydrogen-bond donors (Lipinski definition) is 1. The van der Waals surface area contributed by atoms with Crippen LogP contribution < -0.4 is 10.2 Å². The minimum Gasteiger partial charge on any atom is -0.497 e. The van der Waals surface area contributed by atoms with Gasteiger partial charge in [-0.2, -0.15) is 5.48 Å². The lowest BCUT2D eigenvalue weighted by Gasteiger charge is -2.36. The zero-order valence-electron chi connectivity index (χ0n) is 11.6. The molecule has 0 atom stereocenters. The zero-order valence-corrected chi connectivity index (χ0v) is 11.6. The molecule has 3 rings (SSSR count). The van der Waals surface area contributed by atoms with Crippen molar-refractivity contribution in [3.63, 3.8) is 0 Å². The van der Waals surface area contributed by atoms with E-state index in [4.69, 9.17) is 9.57 Å². The zero-order chi connectivity index (χ0) is 13.1. The molecule has 1 aromatic rings. The van der Waals surface area contributed by atoms with E-state index in [1.54, 1.807) is 7.11 Å². The number of ether oxygens (including phenoxy) is 1. The van der Waals surface area contributed by atoms with Gasteiger partial charge in [0.25, 0.3) is 0 Å². The van der Waals surface area contributed by atoms with Crippen LogP contribution in [-0.2, 0) is 4.84 Å². The van der Waals surface area contributed by atoms with Crippen LogP contribution in [-0.4, -0.2) is 19.3 Å². The van der Waals surface area contributed by atoms with Crippen LogP contribution in [0.3, 0.4) is 0 Å². The van der Waals surface area contributed by atoms with Gasteiger partial charge in [0, 0.05) is 6.04 Å². The molecular weight excluding hydrogens is 238 g/mol. The highest BCUT2D eigenvalue weighted by Crippen LogP contribution is 2.37. The van der Waals surface area contributed by atoms with Crippen molar-refractivity contribution in [1.29, 1.82) is 0 Å². The largest absolute Gasteiger partial charge is 0.497 e. The van der Waals surface area contributed by atoms with Gasteiger partial charge in [-0.15, -0.1) is 0 Å². The molecular formula is C16H23NO2. The Morgan fingerprint density at radius 3 is 2.37 bits per heavy atom. The Labute approximate surface area is 115 Å². The minimum absolute atomic E-state index is 0.458. The average Bonchev–Trinajstić information content (AvgIpc) is 2.91. The second kappa shape index (κ2) is 5.93. The number of benzene rings is 1. The molecule has 0 amide bonds. The van der Waals surface area contributed by atoms with Crippen molar-refractivity contribution in [1.82, 2.24) is 5.48 Å². The highest BCUT2D eigenvalue weighted by atomic mass is 16.7. The van der Waals surface area contributed by atoms with Crippen molar-refractivity contribution in [2.75, 3.05) is 7.11 Å². The first kappa shape index (κ1) is 12.9. The Hall–Kier alpha value is -1.06. The molecule has 2 aliphatic carbocycles. The van der Waals surface area contributed by atoms with Gasteiger partial charge in [0.05, 0.1) is 13.2 Å². The topological polar surface area (TPSA) is 30.5 Å². The number of hydroxylamine groups is 1. The van der Waals surface area contributed by atoms with E-state index in [-0.39, 0.29) is 0 Å². The predicted molar refractivity (Wildman–Crippen MR) is 75.2 cm³/mol. The van der Waals surface area contributed by atoms with Gasteiger partial charge in [0.15, 0.2) is 0 Å². The maximum atomic E-state index is 5.76. The summed E-state index contributed by atoms with van der Waals surface area (Å²) in [6.45, 7) is 0. The van der Waals surface area contributed by atoms with Crippen molar-refractivity contribution >= 4 is 0 Å². The third-order valence-electron chi connectivity index (χ3n) is 4.43. The van der Waals surface area contributed by atoms with Gasteiger partial charge in [-0.05, 0) is 49.3 Å². The maximum Gasteiger partial charge on any atom is 0.118 e. The molecule has 2 fully saturated rings. The molecule has 0 unspecified atom stereocenters. The summed E-state index contributed by atoms with van der Waals surface area (Å²) in [5.41, 5.74) is 4.68. The van der Waals surface area contributed by atoms with Gasteiger partial charge < -0.3 is 4.74 Å². The van der Waals surface area contributed by atoms with Crippen LogP contribution in [0.15, 0.2) is 24.3 Å². The average molecular weight is 261 g/mol. The number of rotatable bonds is 5. The molecule has 0 radical (unpaired) electrons. The summed E-state index contributed by atoms with van der Waals surface area (Å²) < 4.78 is 5.18. The lowest BCUT2D eigenvalue weighted by molar-refractivity contribution is -0.0575. The Morgan fingerprint density at radius 2 is 1.74 bits per heavy atom. The lowest BCUT2D eigenvalue weighted by atomic mass is 9.76. The molecule has 0 spiro atoms. The SMILES string of the molecule is COc1ccc(C2CC(NOC3CCCC3)C2)cc1. The Bertz CT molecular complexity index is 392. The normalized spacial score (nSPS) is 27.2. The van der Waals surface area contributed by atoms with Crippen molar-refractivity contribution in [3.8, 4) is 5.75 Å². The first-order chi connectivity index (χ1) is 9.35. The van der Waals surface area contributed by atoms with Crippen molar-refractivity contribution in [2.45, 2.75) is 56.6 Å². The Morgan fingerprint density at radius 1 is 1.05 bits per heavy atom. The molecule has 0 heterocycles. The Kier molecular flexibility index (Phi) is 4.04. The summed E-state index contributed by atoms with van der Waals surface area (Å²) in [6, 6.07) is 8.98. The number of hydrogen-bond acceptors (Lipinski definition) is 3. The van der Waals surface area contributed by atoms with E-state index in [1.165, 1.54) is 44.1 Å². The molecule has 104 valence electrons. The second-order valence-corrected chi connectivity index (χ2v) is 5.78. The molecule has 0 bridgehead atoms. The van der Waals surface area contributed by atoms with E-state index >= 15 is 0 Å². The summed E-state index contributed by atoms with van der Waals surface area (Å²) in [5.74, 6) is 1.61. The first-order valence-corrected chi connectivity index (χ1v) is 7.40. The molecule has 2 aliphatic rings. The lowest BCUT2D eigenvalue weighted by Crippen LogP contribution is -2.41. The molecule has 0 saturated heterocycles. The minimum atomic E-state index is 0.458. The predicted octanol–water partition coefficient (Wildman–Crippen LogP) is 3.41. The summed E-state index contributed by atoms with van der Waals surface area (Å²) in [5, 5.41) is 0. The third-order valence-corrected chi connectivity index (χ3v) is 4.43. The Balaban J connectivity index is 1.41. The van der Waals surface area contributed by atoms with Crippen LogP contribution >= 0.6 is 0 Å². The maximum absolute atomic E-state index is 5.76. The fourth-order valence-electron chi connectivity index (χ4n) is 3.06. The van der Waals surface area contributed by atoms with E-state index in [0.29, 0.717) is 18.1 Å². The molecule has 19 heavy (non-hydrogen) atoms. The van der Waals surface area contributed by atoms with Crippen LogP contribution in [0.4, 0.5) is 0 Å². The van der Waals surface area contributed by atoms with Crippen molar-refractivity contribution in [3.05, 3.63) is 29.8 Å². The van der Waals surface area contributed by atoms with Gasteiger partial charge in [0.1, 0.15) is 5.75 Å². The summed E-state index contributed by atoms with van der Waals surface area (Å²) in [4.78, 5) is 5.76. The molecule has 2 saturated carbocycles. The summed E-state index contributed by atoms with van der Waals surface area (Å²) in [6.07, 6.45) is 7.92. The van der Waals surface area contributed by atoms with Gasteiger partial charge >= 0.3 is 0 Å². The fraction of sp³-hybridized carbons (Fsp3) is 0.625. The molecule has 1 aromatic carbocycles.